The minimum absolute atomic E-state index is 0.164. The van der Waals surface area contributed by atoms with E-state index in [9.17, 15) is 14.4 Å². The molecule has 1 aliphatic carbocycles. The van der Waals surface area contributed by atoms with Crippen molar-refractivity contribution in [3.63, 3.8) is 0 Å². The first-order valence-electron chi connectivity index (χ1n) is 11.4. The van der Waals surface area contributed by atoms with E-state index in [1.807, 2.05) is 17.0 Å². The molecule has 2 N–H and O–H groups in total. The van der Waals surface area contributed by atoms with Gasteiger partial charge in [0.05, 0.1) is 24.9 Å². The predicted molar refractivity (Wildman–Crippen MR) is 130 cm³/mol. The van der Waals surface area contributed by atoms with Crippen LogP contribution in [0.1, 0.15) is 34.8 Å². The van der Waals surface area contributed by atoms with Crippen LogP contribution in [0.15, 0.2) is 48.5 Å². The van der Waals surface area contributed by atoms with Gasteiger partial charge in [0.25, 0.3) is 5.91 Å². The monoisotopic (exact) mass is 484 g/mol. The minimum Gasteiger partial charge on any atom is -0.468 e. The average molecular weight is 485 g/mol. The number of methoxy groups -OCH3 is 1. The average Bonchev–Trinajstić information content (AvgIpc) is 3.65. The van der Waals surface area contributed by atoms with Crippen LogP contribution in [0.2, 0.25) is 5.02 Å². The molecule has 2 aromatic rings. The Labute approximate surface area is 204 Å². The number of benzene rings is 2. The van der Waals surface area contributed by atoms with Crippen LogP contribution >= 0.6 is 11.6 Å². The fraction of sp³-hybridized carbons (Fsp3) is 0.400. The van der Waals surface area contributed by atoms with Crippen molar-refractivity contribution < 1.29 is 19.1 Å². The molecule has 2 amide bonds. The number of hydrogen-bond donors (Lipinski definition) is 2. The number of anilines is 1. The van der Waals surface area contributed by atoms with Gasteiger partial charge in [0.2, 0.25) is 5.91 Å². The molecule has 1 atom stereocenters. The van der Waals surface area contributed by atoms with Gasteiger partial charge >= 0.3 is 5.97 Å². The summed E-state index contributed by atoms with van der Waals surface area (Å²) >= 11 is 6.00. The quantitative estimate of drug-likeness (QED) is 0.560. The molecule has 2 fully saturated rings. The second-order valence-electron chi connectivity index (χ2n) is 8.63. The standard InChI is InChI=1S/C25H29ClN4O4/c1-34-25(33)23(17-6-8-18(26)9-7-17)30-14-12-29(13-15-30)16-22(31)28-21-5-3-2-4-20(21)24(32)27-19-10-11-19/h2-9,19,23H,10-16H2,1H3,(H,27,32)(H,28,31). The maximum absolute atomic E-state index is 12.7. The van der Waals surface area contributed by atoms with Crippen molar-refractivity contribution >= 4 is 35.1 Å². The fourth-order valence-electron chi connectivity index (χ4n) is 4.11. The molecule has 2 aromatic carbocycles. The van der Waals surface area contributed by atoms with Crippen LogP contribution < -0.4 is 10.6 Å². The summed E-state index contributed by atoms with van der Waals surface area (Å²) in [7, 11) is 1.38. The van der Waals surface area contributed by atoms with Crippen molar-refractivity contribution in [1.29, 1.82) is 0 Å². The van der Waals surface area contributed by atoms with E-state index in [0.29, 0.717) is 42.5 Å². The molecule has 9 heteroatoms. The summed E-state index contributed by atoms with van der Waals surface area (Å²) in [4.78, 5) is 41.8. The highest BCUT2D eigenvalue weighted by Crippen LogP contribution is 2.25. The lowest BCUT2D eigenvalue weighted by molar-refractivity contribution is -0.148. The number of nitrogens with zero attached hydrogens (tertiary/aromatic N) is 2. The largest absolute Gasteiger partial charge is 0.468 e. The SMILES string of the molecule is COC(=O)C(c1ccc(Cl)cc1)N1CCN(CC(=O)Nc2ccccc2C(=O)NC2CC2)CC1. The van der Waals surface area contributed by atoms with Gasteiger partial charge in [-0.05, 0) is 42.7 Å². The number of carbonyl (C=O) groups is 3. The van der Waals surface area contributed by atoms with Crippen molar-refractivity contribution in [2.24, 2.45) is 0 Å². The second-order valence-corrected chi connectivity index (χ2v) is 9.07. The van der Waals surface area contributed by atoms with Gasteiger partial charge in [-0.15, -0.1) is 0 Å². The Kier molecular flexibility index (Phi) is 7.82. The molecule has 2 aliphatic rings. The normalized spacial score (nSPS) is 17.6. The van der Waals surface area contributed by atoms with Gasteiger partial charge in [-0.2, -0.15) is 0 Å². The third kappa shape index (κ3) is 6.14. The number of piperazine rings is 1. The lowest BCUT2D eigenvalue weighted by Gasteiger charge is -2.38. The fourth-order valence-corrected chi connectivity index (χ4v) is 4.23. The van der Waals surface area contributed by atoms with Crippen LogP contribution in [0.3, 0.4) is 0 Å². The summed E-state index contributed by atoms with van der Waals surface area (Å²) in [6, 6.07) is 14.0. The number of carbonyl (C=O) groups excluding carboxylic acids is 3. The van der Waals surface area contributed by atoms with Crippen LogP contribution in [-0.2, 0) is 14.3 Å². The first-order chi connectivity index (χ1) is 16.4. The number of ether oxygens (including phenoxy) is 1. The van der Waals surface area contributed by atoms with Crippen molar-refractivity contribution in [3.05, 3.63) is 64.7 Å². The van der Waals surface area contributed by atoms with Gasteiger partial charge in [0.1, 0.15) is 6.04 Å². The van der Waals surface area contributed by atoms with Gasteiger partial charge in [-0.25, -0.2) is 4.79 Å². The van der Waals surface area contributed by atoms with E-state index in [4.69, 9.17) is 16.3 Å². The Balaban J connectivity index is 1.33. The minimum atomic E-state index is -0.518. The van der Waals surface area contributed by atoms with E-state index in [0.717, 1.165) is 18.4 Å². The van der Waals surface area contributed by atoms with E-state index in [2.05, 4.69) is 15.5 Å². The molecule has 0 bridgehead atoms. The molecule has 8 nitrogen and oxygen atoms in total. The molecule has 34 heavy (non-hydrogen) atoms. The highest BCUT2D eigenvalue weighted by Gasteiger charge is 2.32. The third-order valence-electron chi connectivity index (χ3n) is 6.11. The summed E-state index contributed by atoms with van der Waals surface area (Å²) in [6.07, 6.45) is 2.00. The summed E-state index contributed by atoms with van der Waals surface area (Å²) < 4.78 is 5.04. The molecule has 1 saturated heterocycles. The summed E-state index contributed by atoms with van der Waals surface area (Å²) in [6.45, 7) is 2.67. The smallest absolute Gasteiger partial charge is 0.327 e. The first-order valence-corrected chi connectivity index (χ1v) is 11.8. The Morgan fingerprint density at radius 3 is 2.35 bits per heavy atom. The summed E-state index contributed by atoms with van der Waals surface area (Å²) in [5.74, 6) is -0.667. The van der Waals surface area contributed by atoms with E-state index in [1.165, 1.54) is 7.11 Å². The molecule has 0 radical (unpaired) electrons. The van der Waals surface area contributed by atoms with E-state index in [1.54, 1.807) is 36.4 Å². The number of para-hydroxylation sites is 1. The second kappa shape index (κ2) is 11.0. The topological polar surface area (TPSA) is 91.0 Å². The summed E-state index contributed by atoms with van der Waals surface area (Å²) in [5, 5.41) is 6.45. The first kappa shape index (κ1) is 24.2. The van der Waals surface area contributed by atoms with E-state index >= 15 is 0 Å². The van der Waals surface area contributed by atoms with Crippen LogP contribution in [0.4, 0.5) is 5.69 Å². The zero-order valence-corrected chi connectivity index (χ0v) is 19.9. The number of amides is 2. The molecule has 180 valence electrons. The molecule has 1 saturated carbocycles. The Bertz CT molecular complexity index is 1030. The molecule has 4 rings (SSSR count). The number of esters is 1. The highest BCUT2D eigenvalue weighted by atomic mass is 35.5. The number of halogens is 1. The number of rotatable bonds is 8. The van der Waals surface area contributed by atoms with Gasteiger partial charge in [0.15, 0.2) is 0 Å². The lowest BCUT2D eigenvalue weighted by Crippen LogP contribution is -2.51. The van der Waals surface area contributed by atoms with Gasteiger partial charge in [-0.1, -0.05) is 35.9 Å². The molecule has 1 heterocycles. The molecule has 1 aliphatic heterocycles. The highest BCUT2D eigenvalue weighted by molar-refractivity contribution is 6.30. The van der Waals surface area contributed by atoms with Gasteiger partial charge < -0.3 is 15.4 Å². The Morgan fingerprint density at radius 1 is 1.03 bits per heavy atom. The van der Waals surface area contributed by atoms with E-state index in [-0.39, 0.29) is 30.4 Å². The molecule has 0 aromatic heterocycles. The summed E-state index contributed by atoms with van der Waals surface area (Å²) in [5.41, 5.74) is 1.80. The Morgan fingerprint density at radius 2 is 1.71 bits per heavy atom. The molecular formula is C25H29ClN4O4. The lowest BCUT2D eigenvalue weighted by atomic mass is 10.0. The maximum Gasteiger partial charge on any atom is 0.327 e. The van der Waals surface area contributed by atoms with Crippen molar-refractivity contribution in [2.45, 2.75) is 24.9 Å². The maximum atomic E-state index is 12.7. The van der Waals surface area contributed by atoms with Crippen molar-refractivity contribution in [3.8, 4) is 0 Å². The van der Waals surface area contributed by atoms with Gasteiger partial charge in [-0.3, -0.25) is 19.4 Å². The predicted octanol–water partition coefficient (Wildman–Crippen LogP) is 2.70. The Hall–Kier alpha value is -2.94. The van der Waals surface area contributed by atoms with Crippen LogP contribution in [0.5, 0.6) is 0 Å². The molecule has 0 spiro atoms. The van der Waals surface area contributed by atoms with Crippen LogP contribution in [-0.4, -0.2) is 73.5 Å². The zero-order chi connectivity index (χ0) is 24.1. The van der Waals surface area contributed by atoms with E-state index < -0.39 is 6.04 Å². The third-order valence-corrected chi connectivity index (χ3v) is 6.36. The van der Waals surface area contributed by atoms with Crippen molar-refractivity contribution in [2.75, 3.05) is 45.2 Å². The number of hydrogen-bond acceptors (Lipinski definition) is 6. The number of nitrogens with one attached hydrogen (secondary N) is 2. The van der Waals surface area contributed by atoms with Gasteiger partial charge in [0, 0.05) is 37.2 Å². The van der Waals surface area contributed by atoms with Crippen molar-refractivity contribution in [1.82, 2.24) is 15.1 Å². The molecular weight excluding hydrogens is 456 g/mol. The van der Waals surface area contributed by atoms with Crippen LogP contribution in [0.25, 0.3) is 0 Å². The van der Waals surface area contributed by atoms with Crippen LogP contribution in [0, 0.1) is 0 Å². The molecule has 1 unspecified atom stereocenters. The zero-order valence-electron chi connectivity index (χ0n) is 19.1.